The zero-order valence-electron chi connectivity index (χ0n) is 16.6. The quantitative estimate of drug-likeness (QED) is 0.567. The fourth-order valence-electron chi connectivity index (χ4n) is 3.12. The van der Waals surface area contributed by atoms with Gasteiger partial charge >= 0.3 is 0 Å². The number of carbonyl (C=O) groups is 2. The van der Waals surface area contributed by atoms with Crippen molar-refractivity contribution in [1.82, 2.24) is 10.3 Å². The minimum absolute atomic E-state index is 0.310. The second-order valence-corrected chi connectivity index (χ2v) is 7.34. The molecular weight excluding hydrogens is 414 g/mol. The number of rotatable bonds is 5. The number of amidine groups is 1. The summed E-state index contributed by atoms with van der Waals surface area (Å²) in [6, 6.07) is 17.2. The molecule has 8 heteroatoms. The topological polar surface area (TPSA) is 95.5 Å². The van der Waals surface area contributed by atoms with Gasteiger partial charge in [0.15, 0.2) is 0 Å². The van der Waals surface area contributed by atoms with Gasteiger partial charge in [-0.25, -0.2) is 4.98 Å². The average Bonchev–Trinajstić information content (AvgIpc) is 2.81. The lowest BCUT2D eigenvalue weighted by molar-refractivity contribution is 0.102. The summed E-state index contributed by atoms with van der Waals surface area (Å²) in [5.41, 5.74) is 2.15. The van der Waals surface area contributed by atoms with E-state index < -0.39 is 0 Å². The minimum atomic E-state index is -0.387. The van der Waals surface area contributed by atoms with Crippen LogP contribution in [0.2, 0.25) is 5.02 Å². The Balaban J connectivity index is 1.48. The Morgan fingerprint density at radius 3 is 2.45 bits per heavy atom. The second kappa shape index (κ2) is 9.40. The van der Waals surface area contributed by atoms with Crippen LogP contribution in [0, 0.1) is 0 Å². The van der Waals surface area contributed by atoms with Crippen LogP contribution in [0.1, 0.15) is 32.7 Å². The van der Waals surface area contributed by atoms with Crippen LogP contribution in [-0.4, -0.2) is 35.7 Å². The van der Waals surface area contributed by atoms with Crippen molar-refractivity contribution in [2.75, 3.05) is 23.7 Å². The molecule has 31 heavy (non-hydrogen) atoms. The van der Waals surface area contributed by atoms with Gasteiger partial charge in [-0.1, -0.05) is 35.9 Å². The molecule has 0 fully saturated rings. The van der Waals surface area contributed by atoms with Gasteiger partial charge in [0, 0.05) is 30.4 Å². The van der Waals surface area contributed by atoms with Crippen molar-refractivity contribution in [2.24, 2.45) is 4.99 Å². The van der Waals surface area contributed by atoms with E-state index >= 15 is 0 Å². The predicted molar refractivity (Wildman–Crippen MR) is 122 cm³/mol. The average molecular weight is 434 g/mol. The first-order valence-corrected chi connectivity index (χ1v) is 10.2. The number of para-hydroxylation sites is 1. The Hall–Kier alpha value is -3.71. The molecule has 3 N–H and O–H groups in total. The fraction of sp³-hybridized carbons (Fsp3) is 0.130. The molecule has 0 radical (unpaired) electrons. The SMILES string of the molecule is O=C(Nc1ccccc1C(=O)Nc1ccc(Cl)cn1)c1ccc(C2=NCCCN2)cc1. The fourth-order valence-corrected chi connectivity index (χ4v) is 3.24. The molecule has 1 aromatic heterocycles. The molecule has 0 saturated carbocycles. The van der Waals surface area contributed by atoms with Crippen LogP contribution in [0.3, 0.4) is 0 Å². The van der Waals surface area contributed by atoms with Crippen molar-refractivity contribution in [3.63, 3.8) is 0 Å². The summed E-state index contributed by atoms with van der Waals surface area (Å²) in [4.78, 5) is 34.0. The molecule has 0 atom stereocenters. The summed E-state index contributed by atoms with van der Waals surface area (Å²) >= 11 is 5.83. The molecule has 1 aliphatic heterocycles. The maximum atomic E-state index is 12.8. The molecule has 2 amide bonds. The highest BCUT2D eigenvalue weighted by Gasteiger charge is 2.15. The highest BCUT2D eigenvalue weighted by atomic mass is 35.5. The summed E-state index contributed by atoms with van der Waals surface area (Å²) < 4.78 is 0. The highest BCUT2D eigenvalue weighted by Crippen LogP contribution is 2.19. The van der Waals surface area contributed by atoms with Gasteiger partial charge in [0.05, 0.1) is 16.3 Å². The number of pyridine rings is 1. The smallest absolute Gasteiger partial charge is 0.258 e. The van der Waals surface area contributed by atoms with Crippen LogP contribution in [0.5, 0.6) is 0 Å². The van der Waals surface area contributed by atoms with E-state index in [2.05, 4.69) is 25.9 Å². The van der Waals surface area contributed by atoms with Crippen LogP contribution in [0.25, 0.3) is 0 Å². The number of nitrogens with one attached hydrogen (secondary N) is 3. The van der Waals surface area contributed by atoms with Crippen LogP contribution >= 0.6 is 11.6 Å². The lowest BCUT2D eigenvalue weighted by Crippen LogP contribution is -2.30. The van der Waals surface area contributed by atoms with Gasteiger partial charge in [0.2, 0.25) is 0 Å². The Labute approximate surface area is 184 Å². The number of amides is 2. The van der Waals surface area contributed by atoms with E-state index in [0.717, 1.165) is 30.9 Å². The van der Waals surface area contributed by atoms with Gasteiger partial charge in [-0.15, -0.1) is 0 Å². The van der Waals surface area contributed by atoms with E-state index in [1.807, 2.05) is 12.1 Å². The van der Waals surface area contributed by atoms with Gasteiger partial charge in [-0.3, -0.25) is 14.6 Å². The Morgan fingerprint density at radius 1 is 0.935 bits per heavy atom. The van der Waals surface area contributed by atoms with E-state index in [1.54, 1.807) is 48.5 Å². The van der Waals surface area contributed by atoms with Crippen molar-refractivity contribution in [3.8, 4) is 0 Å². The number of nitrogens with zero attached hydrogens (tertiary/aromatic N) is 2. The normalized spacial score (nSPS) is 13.0. The zero-order chi connectivity index (χ0) is 21.6. The van der Waals surface area contributed by atoms with Crippen molar-refractivity contribution >= 4 is 40.8 Å². The van der Waals surface area contributed by atoms with Gasteiger partial charge in [0.1, 0.15) is 11.7 Å². The largest absolute Gasteiger partial charge is 0.370 e. The van der Waals surface area contributed by atoms with Crippen LogP contribution in [-0.2, 0) is 0 Å². The molecule has 3 aromatic rings. The van der Waals surface area contributed by atoms with Gasteiger partial charge < -0.3 is 16.0 Å². The summed E-state index contributed by atoms with van der Waals surface area (Å²) in [6.07, 6.45) is 2.47. The van der Waals surface area contributed by atoms with Crippen molar-refractivity contribution < 1.29 is 9.59 Å². The molecule has 2 heterocycles. The molecular formula is C23H20ClN5O2. The summed E-state index contributed by atoms with van der Waals surface area (Å²) in [5, 5.41) is 9.25. The summed E-state index contributed by atoms with van der Waals surface area (Å²) in [7, 11) is 0. The third-order valence-electron chi connectivity index (χ3n) is 4.71. The number of aliphatic imine (C=N–C) groups is 1. The summed E-state index contributed by atoms with van der Waals surface area (Å²) in [5.74, 6) is 0.513. The molecule has 0 saturated heterocycles. The van der Waals surface area contributed by atoms with Gasteiger partial charge in [-0.2, -0.15) is 0 Å². The van der Waals surface area contributed by atoms with Crippen LogP contribution in [0.4, 0.5) is 11.5 Å². The van der Waals surface area contributed by atoms with Crippen molar-refractivity contribution in [2.45, 2.75) is 6.42 Å². The first-order valence-electron chi connectivity index (χ1n) is 9.82. The van der Waals surface area contributed by atoms with E-state index in [9.17, 15) is 9.59 Å². The number of halogens is 1. The number of carbonyl (C=O) groups excluding carboxylic acids is 2. The number of hydrogen-bond donors (Lipinski definition) is 3. The number of aromatic nitrogens is 1. The summed E-state index contributed by atoms with van der Waals surface area (Å²) in [6.45, 7) is 1.69. The van der Waals surface area contributed by atoms with Crippen molar-refractivity contribution in [3.05, 3.63) is 88.6 Å². The maximum Gasteiger partial charge on any atom is 0.258 e. The van der Waals surface area contributed by atoms with E-state index in [0.29, 0.717) is 27.7 Å². The van der Waals surface area contributed by atoms with Crippen molar-refractivity contribution in [1.29, 1.82) is 0 Å². The molecule has 0 bridgehead atoms. The Morgan fingerprint density at radius 2 is 1.74 bits per heavy atom. The monoisotopic (exact) mass is 433 g/mol. The second-order valence-electron chi connectivity index (χ2n) is 6.90. The molecule has 2 aromatic carbocycles. The Bertz CT molecular complexity index is 1130. The standard InChI is InChI=1S/C23H20ClN5O2/c24-17-10-11-20(27-14-17)29-23(31)18-4-1-2-5-19(18)28-22(30)16-8-6-15(7-9-16)21-25-12-3-13-26-21/h1-2,4-11,14H,3,12-13H2,(H,25,26)(H,28,30)(H,27,29,31). The number of hydrogen-bond acceptors (Lipinski definition) is 5. The third-order valence-corrected chi connectivity index (χ3v) is 4.93. The van der Waals surface area contributed by atoms with E-state index in [-0.39, 0.29) is 11.8 Å². The first kappa shape index (κ1) is 20.6. The molecule has 0 spiro atoms. The van der Waals surface area contributed by atoms with Crippen LogP contribution in [0.15, 0.2) is 71.9 Å². The number of anilines is 2. The molecule has 0 aliphatic carbocycles. The Kier molecular flexibility index (Phi) is 6.24. The maximum absolute atomic E-state index is 12.8. The third kappa shape index (κ3) is 5.07. The lowest BCUT2D eigenvalue weighted by atomic mass is 10.1. The molecule has 4 rings (SSSR count). The van der Waals surface area contributed by atoms with Gasteiger partial charge in [0.25, 0.3) is 11.8 Å². The van der Waals surface area contributed by atoms with E-state index in [1.165, 1.54) is 6.20 Å². The van der Waals surface area contributed by atoms with Gasteiger partial charge in [-0.05, 0) is 42.8 Å². The predicted octanol–water partition coefficient (Wildman–Crippen LogP) is 3.98. The first-order chi connectivity index (χ1) is 15.1. The molecule has 1 aliphatic rings. The van der Waals surface area contributed by atoms with Crippen LogP contribution < -0.4 is 16.0 Å². The molecule has 7 nitrogen and oxygen atoms in total. The highest BCUT2D eigenvalue weighted by molar-refractivity contribution is 6.30. The zero-order valence-corrected chi connectivity index (χ0v) is 17.3. The molecule has 0 unspecified atom stereocenters. The lowest BCUT2D eigenvalue weighted by Gasteiger charge is -2.15. The minimum Gasteiger partial charge on any atom is -0.370 e. The number of benzene rings is 2. The van der Waals surface area contributed by atoms with E-state index in [4.69, 9.17) is 11.6 Å². The molecule has 156 valence electrons.